The van der Waals surface area contributed by atoms with Gasteiger partial charge in [0.25, 0.3) is 0 Å². The average Bonchev–Trinajstić information content (AvgIpc) is 2.87. The van der Waals surface area contributed by atoms with Gasteiger partial charge < -0.3 is 14.1 Å². The van der Waals surface area contributed by atoms with Gasteiger partial charge in [-0.3, -0.25) is 4.90 Å². The number of nitrogens with zero attached hydrogens (tertiary/aromatic N) is 2. The van der Waals surface area contributed by atoms with Crippen LogP contribution in [0.5, 0.6) is 5.75 Å². The van der Waals surface area contributed by atoms with Crippen LogP contribution in [0.4, 0.5) is 5.69 Å². The molecule has 2 aromatic rings. The minimum Gasteiger partial charge on any atom is -0.492 e. The van der Waals surface area contributed by atoms with E-state index in [9.17, 15) is 0 Å². The number of ether oxygens (including phenoxy) is 1. The average molecular weight is 314 g/mol. The molecule has 0 saturated carbocycles. The number of hydrogen-bond acceptors (Lipinski definition) is 4. The number of aryl methyl sites for hydroxylation is 2. The molecule has 23 heavy (non-hydrogen) atoms. The van der Waals surface area contributed by atoms with E-state index in [-0.39, 0.29) is 0 Å². The Hall–Kier alpha value is -1.94. The molecule has 1 aromatic heterocycles. The third kappa shape index (κ3) is 3.70. The number of anilines is 1. The van der Waals surface area contributed by atoms with Gasteiger partial charge in [-0.2, -0.15) is 0 Å². The molecule has 2 heterocycles. The molecule has 4 heteroatoms. The van der Waals surface area contributed by atoms with E-state index in [1.165, 1.54) is 11.3 Å². The van der Waals surface area contributed by atoms with Crippen molar-refractivity contribution in [2.45, 2.75) is 27.3 Å². The Morgan fingerprint density at radius 2 is 1.83 bits per heavy atom. The van der Waals surface area contributed by atoms with E-state index in [4.69, 9.17) is 9.15 Å². The van der Waals surface area contributed by atoms with Gasteiger partial charge in [-0.25, -0.2) is 0 Å². The predicted octanol–water partition coefficient (Wildman–Crippen LogP) is 3.62. The van der Waals surface area contributed by atoms with Crippen molar-refractivity contribution >= 4 is 5.69 Å². The van der Waals surface area contributed by atoms with Crippen LogP contribution >= 0.6 is 0 Å². The summed E-state index contributed by atoms with van der Waals surface area (Å²) in [6, 6.07) is 10.5. The Morgan fingerprint density at radius 1 is 1.09 bits per heavy atom. The van der Waals surface area contributed by atoms with Crippen LogP contribution in [0, 0.1) is 13.8 Å². The zero-order valence-corrected chi connectivity index (χ0v) is 14.3. The zero-order chi connectivity index (χ0) is 16.2. The molecule has 124 valence electrons. The van der Waals surface area contributed by atoms with E-state index in [0.717, 1.165) is 50.0 Å². The van der Waals surface area contributed by atoms with Gasteiger partial charge in [0.15, 0.2) is 0 Å². The van der Waals surface area contributed by atoms with E-state index < -0.39 is 0 Å². The van der Waals surface area contributed by atoms with Crippen molar-refractivity contribution in [3.8, 4) is 5.75 Å². The van der Waals surface area contributed by atoms with E-state index in [1.54, 1.807) is 0 Å². The summed E-state index contributed by atoms with van der Waals surface area (Å²) in [6.07, 6.45) is 0. The largest absolute Gasteiger partial charge is 0.492 e. The minimum absolute atomic E-state index is 0.703. The molecule has 1 aromatic carbocycles. The summed E-state index contributed by atoms with van der Waals surface area (Å²) in [7, 11) is 0. The summed E-state index contributed by atoms with van der Waals surface area (Å²) in [5.41, 5.74) is 2.45. The summed E-state index contributed by atoms with van der Waals surface area (Å²) in [5.74, 6) is 3.09. The van der Waals surface area contributed by atoms with Crippen molar-refractivity contribution < 1.29 is 9.15 Å². The molecule has 0 spiro atoms. The Kier molecular flexibility index (Phi) is 4.91. The van der Waals surface area contributed by atoms with Crippen LogP contribution in [0.2, 0.25) is 0 Å². The number of piperazine rings is 1. The first-order chi connectivity index (χ1) is 11.2. The number of furan rings is 1. The molecule has 1 aliphatic rings. The topological polar surface area (TPSA) is 28.9 Å². The monoisotopic (exact) mass is 314 g/mol. The highest BCUT2D eigenvalue weighted by Gasteiger charge is 2.20. The molecule has 0 amide bonds. The van der Waals surface area contributed by atoms with Crippen LogP contribution in [0.15, 0.2) is 34.7 Å². The highest BCUT2D eigenvalue weighted by molar-refractivity contribution is 5.58. The van der Waals surface area contributed by atoms with Crippen molar-refractivity contribution in [2.24, 2.45) is 0 Å². The Bertz CT molecular complexity index is 623. The predicted molar refractivity (Wildman–Crippen MR) is 93.3 cm³/mol. The molecule has 0 unspecified atom stereocenters. The molecule has 0 N–H and O–H groups in total. The summed E-state index contributed by atoms with van der Waals surface area (Å²) in [5, 5.41) is 0. The van der Waals surface area contributed by atoms with Gasteiger partial charge in [0.1, 0.15) is 17.3 Å². The van der Waals surface area contributed by atoms with Crippen LogP contribution < -0.4 is 9.64 Å². The number of rotatable bonds is 5. The SMILES string of the molecule is CCOc1ccccc1N1CCN(Cc2cc(C)c(C)o2)CC1. The first-order valence-corrected chi connectivity index (χ1v) is 8.42. The van der Waals surface area contributed by atoms with E-state index in [0.29, 0.717) is 6.61 Å². The van der Waals surface area contributed by atoms with E-state index in [2.05, 4.69) is 41.0 Å². The maximum atomic E-state index is 5.80. The lowest BCUT2D eigenvalue weighted by molar-refractivity contribution is 0.228. The molecule has 1 saturated heterocycles. The van der Waals surface area contributed by atoms with Gasteiger partial charge >= 0.3 is 0 Å². The normalized spacial score (nSPS) is 15.9. The second-order valence-corrected chi connectivity index (χ2v) is 6.12. The molecule has 0 atom stereocenters. The quantitative estimate of drug-likeness (QED) is 0.843. The summed E-state index contributed by atoms with van der Waals surface area (Å²) < 4.78 is 11.6. The molecule has 0 bridgehead atoms. The van der Waals surface area contributed by atoms with Crippen LogP contribution in [0.1, 0.15) is 24.0 Å². The van der Waals surface area contributed by atoms with Crippen molar-refractivity contribution in [1.82, 2.24) is 4.90 Å². The maximum Gasteiger partial charge on any atom is 0.142 e. The van der Waals surface area contributed by atoms with E-state index >= 15 is 0 Å². The summed E-state index contributed by atoms with van der Waals surface area (Å²) >= 11 is 0. The van der Waals surface area contributed by atoms with Crippen molar-refractivity contribution in [1.29, 1.82) is 0 Å². The first-order valence-electron chi connectivity index (χ1n) is 8.42. The highest BCUT2D eigenvalue weighted by atomic mass is 16.5. The Morgan fingerprint density at radius 3 is 2.48 bits per heavy atom. The molecule has 1 fully saturated rings. The van der Waals surface area contributed by atoms with Crippen LogP contribution in [-0.2, 0) is 6.54 Å². The van der Waals surface area contributed by atoms with Crippen molar-refractivity contribution in [3.63, 3.8) is 0 Å². The number of hydrogen-bond donors (Lipinski definition) is 0. The molecule has 4 nitrogen and oxygen atoms in total. The van der Waals surface area contributed by atoms with Gasteiger partial charge in [-0.15, -0.1) is 0 Å². The lowest BCUT2D eigenvalue weighted by Gasteiger charge is -2.36. The fourth-order valence-corrected chi connectivity index (χ4v) is 3.09. The second-order valence-electron chi connectivity index (χ2n) is 6.12. The van der Waals surface area contributed by atoms with Gasteiger partial charge in [0, 0.05) is 26.2 Å². The maximum absolute atomic E-state index is 5.80. The van der Waals surface area contributed by atoms with Gasteiger partial charge in [0.05, 0.1) is 18.8 Å². The standard InChI is InChI=1S/C19H26N2O2/c1-4-22-19-8-6-5-7-18(19)21-11-9-20(10-12-21)14-17-13-15(2)16(3)23-17/h5-8,13H,4,9-12,14H2,1-3H3. The highest BCUT2D eigenvalue weighted by Crippen LogP contribution is 2.29. The number of benzene rings is 1. The van der Waals surface area contributed by atoms with Crippen LogP contribution in [0.3, 0.4) is 0 Å². The summed E-state index contributed by atoms with van der Waals surface area (Å²) in [6.45, 7) is 11.9. The lowest BCUT2D eigenvalue weighted by atomic mass is 10.2. The van der Waals surface area contributed by atoms with Gasteiger partial charge in [-0.05, 0) is 44.5 Å². The van der Waals surface area contributed by atoms with Gasteiger partial charge in [0.2, 0.25) is 0 Å². The zero-order valence-electron chi connectivity index (χ0n) is 14.3. The minimum atomic E-state index is 0.703. The third-order valence-electron chi connectivity index (χ3n) is 4.47. The third-order valence-corrected chi connectivity index (χ3v) is 4.47. The fraction of sp³-hybridized carbons (Fsp3) is 0.474. The van der Waals surface area contributed by atoms with E-state index in [1.807, 2.05) is 19.9 Å². The first kappa shape index (κ1) is 15.9. The molecule has 3 rings (SSSR count). The Balaban J connectivity index is 1.60. The Labute approximate surface area is 138 Å². The molecular formula is C19H26N2O2. The fourth-order valence-electron chi connectivity index (χ4n) is 3.09. The lowest BCUT2D eigenvalue weighted by Crippen LogP contribution is -2.46. The number of para-hydroxylation sites is 2. The second kappa shape index (κ2) is 7.09. The molecule has 0 aliphatic carbocycles. The van der Waals surface area contributed by atoms with Crippen molar-refractivity contribution in [3.05, 3.63) is 47.4 Å². The van der Waals surface area contributed by atoms with Crippen molar-refractivity contribution in [2.75, 3.05) is 37.7 Å². The van der Waals surface area contributed by atoms with Crippen LogP contribution in [0.25, 0.3) is 0 Å². The molecule has 0 radical (unpaired) electrons. The summed E-state index contributed by atoms with van der Waals surface area (Å²) in [4.78, 5) is 4.87. The van der Waals surface area contributed by atoms with Crippen LogP contribution in [-0.4, -0.2) is 37.7 Å². The molecule has 1 aliphatic heterocycles. The smallest absolute Gasteiger partial charge is 0.142 e. The molecular weight excluding hydrogens is 288 g/mol. The van der Waals surface area contributed by atoms with Gasteiger partial charge in [-0.1, -0.05) is 12.1 Å².